The lowest BCUT2D eigenvalue weighted by Gasteiger charge is -2.10. The molecule has 7 heteroatoms. The first-order valence-electron chi connectivity index (χ1n) is 5.50. The van der Waals surface area contributed by atoms with Gasteiger partial charge in [0.1, 0.15) is 6.33 Å². The van der Waals surface area contributed by atoms with Gasteiger partial charge in [-0.3, -0.25) is 0 Å². The van der Waals surface area contributed by atoms with Gasteiger partial charge in [-0.05, 0) is 12.8 Å². The van der Waals surface area contributed by atoms with Crippen LogP contribution in [0.2, 0.25) is 0 Å². The molecule has 1 aliphatic heterocycles. The largest absolute Gasteiger partial charge is 0.394 e. The van der Waals surface area contributed by atoms with Crippen LogP contribution in [0.15, 0.2) is 12.5 Å². The summed E-state index contributed by atoms with van der Waals surface area (Å²) < 4.78 is 7.19. The molecular weight excluding hydrogens is 222 g/mol. The molecule has 0 saturated carbocycles. The summed E-state index contributed by atoms with van der Waals surface area (Å²) in [6, 6.07) is 0. The second-order valence-electron chi connectivity index (χ2n) is 4.07. The molecule has 0 amide bonds. The van der Waals surface area contributed by atoms with Crippen molar-refractivity contribution < 1.29 is 9.84 Å². The molecule has 1 fully saturated rings. The zero-order valence-electron chi connectivity index (χ0n) is 9.15. The Labute approximate surface area is 97.2 Å². The quantitative estimate of drug-likeness (QED) is 0.755. The Balaban J connectivity index is 1.99. The van der Waals surface area contributed by atoms with Crippen molar-refractivity contribution in [2.24, 2.45) is 0 Å². The van der Waals surface area contributed by atoms with Gasteiger partial charge >= 0.3 is 0 Å². The molecule has 0 bridgehead atoms. The SMILES string of the molecule is Nc1ncnc2c([C@H]3CC[C@H](CO)O3)cnn12. The minimum absolute atomic E-state index is 0.0484. The van der Waals surface area contributed by atoms with Crippen molar-refractivity contribution >= 4 is 11.6 Å². The van der Waals surface area contributed by atoms with Crippen LogP contribution in [0, 0.1) is 0 Å². The fourth-order valence-electron chi connectivity index (χ4n) is 2.14. The Morgan fingerprint density at radius 3 is 3.12 bits per heavy atom. The molecule has 2 aromatic rings. The van der Waals surface area contributed by atoms with Gasteiger partial charge in [-0.25, -0.2) is 9.97 Å². The minimum atomic E-state index is -0.0888. The van der Waals surface area contributed by atoms with Crippen LogP contribution in [0.3, 0.4) is 0 Å². The van der Waals surface area contributed by atoms with Crippen LogP contribution < -0.4 is 5.73 Å². The Morgan fingerprint density at radius 1 is 1.47 bits per heavy atom. The summed E-state index contributed by atoms with van der Waals surface area (Å²) in [5.74, 6) is 0.304. The van der Waals surface area contributed by atoms with E-state index in [1.807, 2.05) is 0 Å². The van der Waals surface area contributed by atoms with Crippen molar-refractivity contribution in [3.63, 3.8) is 0 Å². The van der Waals surface area contributed by atoms with E-state index >= 15 is 0 Å². The third-order valence-corrected chi connectivity index (χ3v) is 3.02. The van der Waals surface area contributed by atoms with Gasteiger partial charge in [-0.15, -0.1) is 0 Å². The fourth-order valence-corrected chi connectivity index (χ4v) is 2.14. The molecule has 17 heavy (non-hydrogen) atoms. The van der Waals surface area contributed by atoms with Crippen LogP contribution in [-0.4, -0.2) is 37.4 Å². The normalized spacial score (nSPS) is 24.5. The van der Waals surface area contributed by atoms with Gasteiger partial charge in [0, 0.05) is 5.56 Å². The maximum atomic E-state index is 9.05. The summed E-state index contributed by atoms with van der Waals surface area (Å²) in [7, 11) is 0. The maximum absolute atomic E-state index is 9.05. The number of hydrogen-bond donors (Lipinski definition) is 2. The predicted molar refractivity (Wildman–Crippen MR) is 59.1 cm³/mol. The highest BCUT2D eigenvalue weighted by Crippen LogP contribution is 2.34. The van der Waals surface area contributed by atoms with Crippen molar-refractivity contribution in [2.75, 3.05) is 12.3 Å². The lowest BCUT2D eigenvalue weighted by molar-refractivity contribution is 0.0115. The number of rotatable bonds is 2. The number of fused-ring (bicyclic) bond motifs is 1. The molecule has 7 nitrogen and oxygen atoms in total. The number of anilines is 1. The molecule has 0 radical (unpaired) electrons. The Bertz CT molecular complexity index is 540. The topological polar surface area (TPSA) is 98.6 Å². The van der Waals surface area contributed by atoms with Crippen molar-refractivity contribution in [1.82, 2.24) is 19.6 Å². The van der Waals surface area contributed by atoms with Crippen LogP contribution in [0.4, 0.5) is 5.95 Å². The first kappa shape index (κ1) is 10.4. The third kappa shape index (κ3) is 1.63. The van der Waals surface area contributed by atoms with E-state index in [0.717, 1.165) is 18.4 Å². The summed E-state index contributed by atoms with van der Waals surface area (Å²) in [5.41, 5.74) is 7.26. The summed E-state index contributed by atoms with van der Waals surface area (Å²) >= 11 is 0. The zero-order chi connectivity index (χ0) is 11.8. The number of aliphatic hydroxyl groups is 1. The summed E-state index contributed by atoms with van der Waals surface area (Å²) in [6.07, 6.45) is 4.65. The van der Waals surface area contributed by atoms with E-state index in [4.69, 9.17) is 15.6 Å². The van der Waals surface area contributed by atoms with E-state index in [9.17, 15) is 0 Å². The summed E-state index contributed by atoms with van der Waals surface area (Å²) in [5, 5.41) is 13.2. The lowest BCUT2D eigenvalue weighted by atomic mass is 10.1. The second kappa shape index (κ2) is 3.94. The minimum Gasteiger partial charge on any atom is -0.394 e. The monoisotopic (exact) mass is 235 g/mol. The van der Waals surface area contributed by atoms with Crippen LogP contribution in [0.5, 0.6) is 0 Å². The maximum Gasteiger partial charge on any atom is 0.224 e. The van der Waals surface area contributed by atoms with Crippen LogP contribution in [0.1, 0.15) is 24.5 Å². The van der Waals surface area contributed by atoms with E-state index in [1.165, 1.54) is 10.8 Å². The van der Waals surface area contributed by atoms with E-state index < -0.39 is 0 Å². The molecule has 2 aromatic heterocycles. The smallest absolute Gasteiger partial charge is 0.224 e. The molecule has 1 saturated heterocycles. The number of nitrogens with two attached hydrogens (primary N) is 1. The van der Waals surface area contributed by atoms with E-state index in [-0.39, 0.29) is 18.8 Å². The lowest BCUT2D eigenvalue weighted by Crippen LogP contribution is -2.11. The average Bonchev–Trinajstić information content (AvgIpc) is 2.94. The number of hydrogen-bond acceptors (Lipinski definition) is 6. The van der Waals surface area contributed by atoms with Gasteiger partial charge < -0.3 is 15.6 Å². The molecule has 0 unspecified atom stereocenters. The molecule has 3 rings (SSSR count). The van der Waals surface area contributed by atoms with Crippen molar-refractivity contribution in [3.05, 3.63) is 18.1 Å². The van der Waals surface area contributed by atoms with Crippen molar-refractivity contribution in [3.8, 4) is 0 Å². The van der Waals surface area contributed by atoms with Gasteiger partial charge in [0.2, 0.25) is 5.95 Å². The third-order valence-electron chi connectivity index (χ3n) is 3.02. The average molecular weight is 235 g/mol. The highest BCUT2D eigenvalue weighted by atomic mass is 16.5. The van der Waals surface area contributed by atoms with Gasteiger partial charge in [0.05, 0.1) is 25.0 Å². The van der Waals surface area contributed by atoms with Gasteiger partial charge in [-0.1, -0.05) is 0 Å². The highest BCUT2D eigenvalue weighted by molar-refractivity contribution is 5.50. The molecule has 0 aromatic carbocycles. The summed E-state index contributed by atoms with van der Waals surface area (Å²) in [6.45, 7) is 0.0484. The number of aliphatic hydroxyl groups excluding tert-OH is 1. The van der Waals surface area contributed by atoms with Crippen molar-refractivity contribution in [1.29, 1.82) is 0 Å². The van der Waals surface area contributed by atoms with E-state index in [0.29, 0.717) is 11.6 Å². The molecule has 0 spiro atoms. The molecular formula is C10H13N5O2. The van der Waals surface area contributed by atoms with Crippen LogP contribution >= 0.6 is 0 Å². The van der Waals surface area contributed by atoms with Crippen molar-refractivity contribution in [2.45, 2.75) is 25.0 Å². The molecule has 3 heterocycles. The fraction of sp³-hybridized carbons (Fsp3) is 0.500. The molecule has 2 atom stereocenters. The first-order valence-corrected chi connectivity index (χ1v) is 5.50. The van der Waals surface area contributed by atoms with Crippen LogP contribution in [-0.2, 0) is 4.74 Å². The number of nitrogen functional groups attached to an aromatic ring is 1. The number of aromatic nitrogens is 4. The zero-order valence-corrected chi connectivity index (χ0v) is 9.15. The highest BCUT2D eigenvalue weighted by Gasteiger charge is 2.28. The number of nitrogens with zero attached hydrogens (tertiary/aromatic N) is 4. The first-order chi connectivity index (χ1) is 8.29. The Hall–Kier alpha value is -1.73. The van der Waals surface area contributed by atoms with Crippen LogP contribution in [0.25, 0.3) is 5.65 Å². The Morgan fingerprint density at radius 2 is 2.35 bits per heavy atom. The van der Waals surface area contributed by atoms with Gasteiger partial charge in [-0.2, -0.15) is 9.61 Å². The molecule has 3 N–H and O–H groups in total. The Kier molecular flexibility index (Phi) is 2.41. The van der Waals surface area contributed by atoms with Gasteiger partial charge in [0.15, 0.2) is 5.65 Å². The molecule has 90 valence electrons. The van der Waals surface area contributed by atoms with E-state index in [1.54, 1.807) is 6.20 Å². The standard InChI is InChI=1S/C10H13N5O2/c11-10-13-5-12-9-7(3-14-15(9)10)8-2-1-6(4-16)17-8/h3,5-6,8,16H,1-2,4H2,(H2,11,12,13)/t6-,8-/m1/s1. The summed E-state index contributed by atoms with van der Waals surface area (Å²) in [4.78, 5) is 8.03. The number of ether oxygens (including phenoxy) is 1. The van der Waals surface area contributed by atoms with Gasteiger partial charge in [0.25, 0.3) is 0 Å². The second-order valence-corrected chi connectivity index (χ2v) is 4.07. The predicted octanol–water partition coefficient (Wildman–Crippen LogP) is -0.0811. The molecule has 0 aliphatic carbocycles. The molecule has 1 aliphatic rings. The van der Waals surface area contributed by atoms with E-state index in [2.05, 4.69) is 15.1 Å².